The first-order chi connectivity index (χ1) is 10.3. The molecule has 5 heteroatoms. The molecule has 0 aliphatic heterocycles. The van der Waals surface area contributed by atoms with E-state index in [1.54, 1.807) is 13.1 Å². The summed E-state index contributed by atoms with van der Waals surface area (Å²) in [4.78, 5) is 28.1. The Balaban J connectivity index is 1.95. The lowest BCUT2D eigenvalue weighted by Gasteiger charge is -2.37. The predicted octanol–water partition coefficient (Wildman–Crippen LogP) is 2.69. The molecule has 1 aliphatic rings. The first kappa shape index (κ1) is 16.5. The number of carboxylic acid groups (broad SMARTS) is 1. The number of nitrogens with zero attached hydrogens (tertiary/aromatic N) is 1. The van der Waals surface area contributed by atoms with Crippen molar-refractivity contribution < 1.29 is 19.4 Å². The fraction of sp³-hybridized carbons (Fsp3) is 0.588. The van der Waals surface area contributed by atoms with E-state index in [2.05, 4.69) is 4.98 Å². The summed E-state index contributed by atoms with van der Waals surface area (Å²) in [6.45, 7) is 5.68. The Hall–Kier alpha value is -1.91. The van der Waals surface area contributed by atoms with Crippen molar-refractivity contribution in [3.05, 3.63) is 30.1 Å². The van der Waals surface area contributed by atoms with Gasteiger partial charge in [-0.05, 0) is 37.3 Å². The van der Waals surface area contributed by atoms with E-state index < -0.39 is 16.8 Å². The van der Waals surface area contributed by atoms with Crippen molar-refractivity contribution in [1.29, 1.82) is 0 Å². The molecule has 1 aromatic rings. The SMILES string of the molecule is CC1(C)[C@@H](C(=O)OCCc2ccccn2)CC[C@@]1(C)C(=O)O. The lowest BCUT2D eigenvalue weighted by atomic mass is 9.66. The maximum absolute atomic E-state index is 12.3. The summed E-state index contributed by atoms with van der Waals surface area (Å²) in [5.41, 5.74) is -0.644. The van der Waals surface area contributed by atoms with E-state index >= 15 is 0 Å². The molecule has 2 atom stereocenters. The molecule has 0 aromatic carbocycles. The van der Waals surface area contributed by atoms with E-state index in [0.717, 1.165) is 5.69 Å². The van der Waals surface area contributed by atoms with E-state index in [9.17, 15) is 14.7 Å². The second kappa shape index (κ2) is 6.07. The van der Waals surface area contributed by atoms with Crippen molar-refractivity contribution in [2.24, 2.45) is 16.7 Å². The van der Waals surface area contributed by atoms with E-state index in [-0.39, 0.29) is 18.5 Å². The minimum absolute atomic E-state index is 0.270. The summed E-state index contributed by atoms with van der Waals surface area (Å²) in [6, 6.07) is 5.61. The molecular weight excluding hydrogens is 282 g/mol. The second-order valence-electron chi connectivity index (χ2n) is 6.69. The summed E-state index contributed by atoms with van der Waals surface area (Å²) in [6.07, 6.45) is 3.32. The van der Waals surface area contributed by atoms with Crippen LogP contribution >= 0.6 is 0 Å². The van der Waals surface area contributed by atoms with Crippen molar-refractivity contribution in [2.75, 3.05) is 6.61 Å². The summed E-state index contributed by atoms with van der Waals surface area (Å²) in [5, 5.41) is 9.47. The van der Waals surface area contributed by atoms with Crippen molar-refractivity contribution >= 4 is 11.9 Å². The molecule has 5 nitrogen and oxygen atoms in total. The molecule has 120 valence electrons. The van der Waals surface area contributed by atoms with Crippen LogP contribution in [-0.2, 0) is 20.7 Å². The number of pyridine rings is 1. The van der Waals surface area contributed by atoms with Crippen LogP contribution in [0.2, 0.25) is 0 Å². The Morgan fingerprint density at radius 1 is 1.36 bits per heavy atom. The Morgan fingerprint density at radius 2 is 2.09 bits per heavy atom. The zero-order chi connectivity index (χ0) is 16.4. The molecule has 22 heavy (non-hydrogen) atoms. The number of aliphatic carboxylic acids is 1. The van der Waals surface area contributed by atoms with Gasteiger partial charge in [0.1, 0.15) is 0 Å². The minimum Gasteiger partial charge on any atom is -0.481 e. The number of rotatable bonds is 5. The normalized spacial score (nSPS) is 26.6. The smallest absolute Gasteiger partial charge is 0.309 e. The third-order valence-electron chi connectivity index (χ3n) is 5.31. The van der Waals surface area contributed by atoms with E-state index in [1.165, 1.54) is 0 Å². The van der Waals surface area contributed by atoms with Crippen LogP contribution in [0.4, 0.5) is 0 Å². The number of carbonyl (C=O) groups excluding carboxylic acids is 1. The lowest BCUT2D eigenvalue weighted by Crippen LogP contribution is -2.43. The van der Waals surface area contributed by atoms with E-state index in [1.807, 2.05) is 32.0 Å². The zero-order valence-electron chi connectivity index (χ0n) is 13.3. The molecule has 1 heterocycles. The predicted molar refractivity (Wildman–Crippen MR) is 81.1 cm³/mol. The van der Waals surface area contributed by atoms with Gasteiger partial charge in [-0.15, -0.1) is 0 Å². The van der Waals surface area contributed by atoms with Gasteiger partial charge in [0.05, 0.1) is 17.9 Å². The minimum atomic E-state index is -0.891. The maximum Gasteiger partial charge on any atom is 0.309 e. The standard InChI is InChI=1S/C17H23NO4/c1-16(2)13(7-9-17(16,3)15(20)21)14(19)22-11-8-12-6-4-5-10-18-12/h4-6,10,13H,7-9,11H2,1-3H3,(H,20,21)/t13-,17+/m1/s1. The number of carboxylic acids is 1. The lowest BCUT2D eigenvalue weighted by molar-refractivity contribution is -0.160. The van der Waals surface area contributed by atoms with Gasteiger partial charge in [-0.2, -0.15) is 0 Å². The van der Waals surface area contributed by atoms with Gasteiger partial charge in [0, 0.05) is 18.3 Å². The van der Waals surface area contributed by atoms with Gasteiger partial charge in [0.15, 0.2) is 0 Å². The summed E-state index contributed by atoms with van der Waals surface area (Å²) in [5.74, 6) is -1.52. The Kier molecular flexibility index (Phi) is 4.54. The Bertz CT molecular complexity index is 555. The van der Waals surface area contributed by atoms with Crippen LogP contribution in [0, 0.1) is 16.7 Å². The number of aromatic nitrogens is 1. The van der Waals surface area contributed by atoms with Crippen LogP contribution in [0.15, 0.2) is 24.4 Å². The van der Waals surface area contributed by atoms with Gasteiger partial charge in [0.2, 0.25) is 0 Å². The molecule has 1 fully saturated rings. The van der Waals surface area contributed by atoms with Gasteiger partial charge < -0.3 is 9.84 Å². The first-order valence-electron chi connectivity index (χ1n) is 7.59. The molecule has 2 rings (SSSR count). The van der Waals surface area contributed by atoms with Crippen LogP contribution in [-0.4, -0.2) is 28.6 Å². The Morgan fingerprint density at radius 3 is 2.64 bits per heavy atom. The van der Waals surface area contributed by atoms with Crippen LogP contribution in [0.1, 0.15) is 39.3 Å². The van der Waals surface area contributed by atoms with Gasteiger partial charge >= 0.3 is 11.9 Å². The Labute approximate surface area is 130 Å². The molecule has 1 aromatic heterocycles. The molecule has 1 aliphatic carbocycles. The van der Waals surface area contributed by atoms with Crippen LogP contribution in [0.25, 0.3) is 0 Å². The molecule has 0 bridgehead atoms. The number of esters is 1. The third-order valence-corrected chi connectivity index (χ3v) is 5.31. The highest BCUT2D eigenvalue weighted by Gasteiger charge is 2.58. The average Bonchev–Trinajstić information content (AvgIpc) is 2.72. The summed E-state index contributed by atoms with van der Waals surface area (Å²) in [7, 11) is 0. The molecule has 0 spiro atoms. The van der Waals surface area contributed by atoms with Gasteiger partial charge in [-0.3, -0.25) is 14.6 Å². The fourth-order valence-corrected chi connectivity index (χ4v) is 3.20. The highest BCUT2D eigenvalue weighted by molar-refractivity contribution is 5.80. The molecule has 1 N–H and O–H groups in total. The largest absolute Gasteiger partial charge is 0.481 e. The molecule has 0 radical (unpaired) electrons. The van der Waals surface area contributed by atoms with Crippen molar-refractivity contribution in [1.82, 2.24) is 4.98 Å². The average molecular weight is 305 g/mol. The van der Waals surface area contributed by atoms with Crippen molar-refractivity contribution in [3.8, 4) is 0 Å². The zero-order valence-corrected chi connectivity index (χ0v) is 13.3. The van der Waals surface area contributed by atoms with Crippen LogP contribution in [0.5, 0.6) is 0 Å². The van der Waals surface area contributed by atoms with Gasteiger partial charge in [0.25, 0.3) is 0 Å². The van der Waals surface area contributed by atoms with Crippen molar-refractivity contribution in [3.63, 3.8) is 0 Å². The number of hydrogen-bond acceptors (Lipinski definition) is 4. The summed E-state index contributed by atoms with van der Waals surface area (Å²) >= 11 is 0. The molecule has 0 amide bonds. The molecule has 0 saturated heterocycles. The highest BCUT2D eigenvalue weighted by atomic mass is 16.5. The summed E-state index contributed by atoms with van der Waals surface area (Å²) < 4.78 is 5.37. The maximum atomic E-state index is 12.3. The van der Waals surface area contributed by atoms with E-state index in [0.29, 0.717) is 19.3 Å². The quantitative estimate of drug-likeness (QED) is 0.846. The highest BCUT2D eigenvalue weighted by Crippen LogP contribution is 2.56. The number of hydrogen-bond donors (Lipinski definition) is 1. The number of ether oxygens (including phenoxy) is 1. The van der Waals surface area contributed by atoms with Crippen molar-refractivity contribution in [2.45, 2.75) is 40.0 Å². The second-order valence-corrected chi connectivity index (χ2v) is 6.69. The van der Waals surface area contributed by atoms with Gasteiger partial charge in [-0.25, -0.2) is 0 Å². The van der Waals surface area contributed by atoms with Crippen LogP contribution in [0.3, 0.4) is 0 Å². The fourth-order valence-electron chi connectivity index (χ4n) is 3.20. The first-order valence-corrected chi connectivity index (χ1v) is 7.59. The number of carbonyl (C=O) groups is 2. The topological polar surface area (TPSA) is 76.5 Å². The van der Waals surface area contributed by atoms with Gasteiger partial charge in [-0.1, -0.05) is 19.9 Å². The molecular formula is C17H23NO4. The molecule has 0 unspecified atom stereocenters. The molecule has 1 saturated carbocycles. The third kappa shape index (κ3) is 2.85. The monoisotopic (exact) mass is 305 g/mol. The van der Waals surface area contributed by atoms with E-state index in [4.69, 9.17) is 4.74 Å². The van der Waals surface area contributed by atoms with Crippen LogP contribution < -0.4 is 0 Å².